The summed E-state index contributed by atoms with van der Waals surface area (Å²) in [6, 6.07) is 0. The summed E-state index contributed by atoms with van der Waals surface area (Å²) in [5.41, 5.74) is 0. The maximum absolute atomic E-state index is 9.93. The Balaban J connectivity index is 1.98. The zero-order valence-corrected chi connectivity index (χ0v) is 5.97. The third kappa shape index (κ3) is 1.81. The minimum Gasteiger partial charge on any atom is -0.303 e. The van der Waals surface area contributed by atoms with Crippen molar-refractivity contribution in [3.63, 3.8) is 0 Å². The van der Waals surface area contributed by atoms with Crippen LogP contribution in [0.25, 0.3) is 0 Å². The molecule has 1 rings (SSSR count). The predicted octanol–water partition coefficient (Wildman–Crippen LogP) is 2.01. The molecule has 0 aromatic carbocycles. The van der Waals surface area contributed by atoms with E-state index in [1.54, 1.807) is 0 Å². The number of aldehydes is 1. The number of rotatable bonds is 4. The number of carbonyl (C=O) groups excluding carboxylic acids is 1. The SMILES string of the molecule is CC[C@H]1C[C@@H]1CCC=O. The van der Waals surface area contributed by atoms with Crippen LogP contribution in [-0.4, -0.2) is 6.29 Å². The Morgan fingerprint density at radius 1 is 1.56 bits per heavy atom. The highest BCUT2D eigenvalue weighted by Gasteiger charge is 2.33. The van der Waals surface area contributed by atoms with Crippen LogP contribution in [0.15, 0.2) is 0 Å². The summed E-state index contributed by atoms with van der Waals surface area (Å²) in [7, 11) is 0. The summed E-state index contributed by atoms with van der Waals surface area (Å²) in [5, 5.41) is 0. The van der Waals surface area contributed by atoms with Gasteiger partial charge in [0.15, 0.2) is 0 Å². The van der Waals surface area contributed by atoms with Crippen molar-refractivity contribution in [1.82, 2.24) is 0 Å². The molecule has 0 aromatic rings. The summed E-state index contributed by atoms with van der Waals surface area (Å²) >= 11 is 0. The van der Waals surface area contributed by atoms with Gasteiger partial charge in [0.05, 0.1) is 0 Å². The molecular formula is C8H14O. The van der Waals surface area contributed by atoms with E-state index in [0.29, 0.717) is 0 Å². The lowest BCUT2D eigenvalue weighted by atomic mass is 10.2. The summed E-state index contributed by atoms with van der Waals surface area (Å²) < 4.78 is 0. The quantitative estimate of drug-likeness (QED) is 0.526. The van der Waals surface area contributed by atoms with E-state index in [4.69, 9.17) is 0 Å². The zero-order valence-electron chi connectivity index (χ0n) is 5.97. The lowest BCUT2D eigenvalue weighted by Gasteiger charge is -1.89. The normalized spacial score (nSPS) is 32.1. The minimum absolute atomic E-state index is 0.779. The number of hydrogen-bond acceptors (Lipinski definition) is 1. The molecular weight excluding hydrogens is 112 g/mol. The molecule has 0 heterocycles. The van der Waals surface area contributed by atoms with E-state index < -0.39 is 0 Å². The summed E-state index contributed by atoms with van der Waals surface area (Å²) in [6.07, 6.45) is 5.64. The molecule has 1 aliphatic rings. The molecule has 0 aromatic heterocycles. The first kappa shape index (κ1) is 6.79. The van der Waals surface area contributed by atoms with E-state index >= 15 is 0 Å². The van der Waals surface area contributed by atoms with Crippen molar-refractivity contribution in [2.24, 2.45) is 11.8 Å². The molecule has 52 valence electrons. The predicted molar refractivity (Wildman–Crippen MR) is 37.2 cm³/mol. The van der Waals surface area contributed by atoms with Crippen molar-refractivity contribution in [2.75, 3.05) is 0 Å². The third-order valence-corrected chi connectivity index (χ3v) is 2.25. The van der Waals surface area contributed by atoms with Gasteiger partial charge in [0.2, 0.25) is 0 Å². The van der Waals surface area contributed by atoms with E-state index in [-0.39, 0.29) is 0 Å². The molecule has 1 fully saturated rings. The van der Waals surface area contributed by atoms with E-state index in [0.717, 1.165) is 31.0 Å². The Kier molecular flexibility index (Phi) is 2.26. The molecule has 0 N–H and O–H groups in total. The van der Waals surface area contributed by atoms with Gasteiger partial charge in [-0.3, -0.25) is 0 Å². The average Bonchev–Trinajstić information content (AvgIpc) is 2.62. The first-order chi connectivity index (χ1) is 4.38. The maximum Gasteiger partial charge on any atom is 0.120 e. The van der Waals surface area contributed by atoms with Crippen LogP contribution in [0.3, 0.4) is 0 Å². The first-order valence-corrected chi connectivity index (χ1v) is 3.82. The topological polar surface area (TPSA) is 17.1 Å². The summed E-state index contributed by atoms with van der Waals surface area (Å²) in [4.78, 5) is 9.93. The average molecular weight is 126 g/mol. The zero-order chi connectivity index (χ0) is 6.69. The van der Waals surface area contributed by atoms with Gasteiger partial charge in [-0.2, -0.15) is 0 Å². The molecule has 1 heteroatoms. The van der Waals surface area contributed by atoms with E-state index in [2.05, 4.69) is 6.92 Å². The van der Waals surface area contributed by atoms with Gasteiger partial charge in [-0.1, -0.05) is 13.3 Å². The van der Waals surface area contributed by atoms with Crippen LogP contribution in [-0.2, 0) is 4.79 Å². The molecule has 0 spiro atoms. The van der Waals surface area contributed by atoms with Crippen molar-refractivity contribution in [3.05, 3.63) is 0 Å². The van der Waals surface area contributed by atoms with E-state index in [1.807, 2.05) is 0 Å². The fourth-order valence-electron chi connectivity index (χ4n) is 1.45. The van der Waals surface area contributed by atoms with Crippen molar-refractivity contribution in [1.29, 1.82) is 0 Å². The smallest absolute Gasteiger partial charge is 0.120 e. The Morgan fingerprint density at radius 2 is 2.33 bits per heavy atom. The van der Waals surface area contributed by atoms with Gasteiger partial charge in [0.25, 0.3) is 0 Å². The second-order valence-electron chi connectivity index (χ2n) is 2.91. The molecule has 0 unspecified atom stereocenters. The molecule has 1 nitrogen and oxygen atoms in total. The van der Waals surface area contributed by atoms with Crippen molar-refractivity contribution in [2.45, 2.75) is 32.6 Å². The van der Waals surface area contributed by atoms with Crippen LogP contribution in [0.4, 0.5) is 0 Å². The van der Waals surface area contributed by atoms with Gasteiger partial charge in [-0.15, -0.1) is 0 Å². The molecule has 0 saturated heterocycles. The van der Waals surface area contributed by atoms with Crippen LogP contribution >= 0.6 is 0 Å². The van der Waals surface area contributed by atoms with Gasteiger partial charge in [0.1, 0.15) is 6.29 Å². The number of carbonyl (C=O) groups is 1. The third-order valence-electron chi connectivity index (χ3n) is 2.25. The van der Waals surface area contributed by atoms with Gasteiger partial charge >= 0.3 is 0 Å². The van der Waals surface area contributed by atoms with Crippen LogP contribution in [0.1, 0.15) is 32.6 Å². The van der Waals surface area contributed by atoms with Crippen LogP contribution in [0, 0.1) is 11.8 Å². The second-order valence-corrected chi connectivity index (χ2v) is 2.91. The highest BCUT2D eigenvalue weighted by molar-refractivity contribution is 5.49. The fraction of sp³-hybridized carbons (Fsp3) is 0.875. The molecule has 2 atom stereocenters. The molecule has 1 saturated carbocycles. The van der Waals surface area contributed by atoms with Crippen LogP contribution in [0.2, 0.25) is 0 Å². The van der Waals surface area contributed by atoms with Gasteiger partial charge in [-0.25, -0.2) is 0 Å². The van der Waals surface area contributed by atoms with E-state index in [1.165, 1.54) is 12.8 Å². The Hall–Kier alpha value is -0.330. The van der Waals surface area contributed by atoms with Crippen LogP contribution < -0.4 is 0 Å². The van der Waals surface area contributed by atoms with Gasteiger partial charge in [0, 0.05) is 6.42 Å². The van der Waals surface area contributed by atoms with Gasteiger partial charge in [-0.05, 0) is 24.7 Å². The summed E-state index contributed by atoms with van der Waals surface area (Å²) in [6.45, 7) is 2.23. The molecule has 1 aliphatic carbocycles. The van der Waals surface area contributed by atoms with Crippen molar-refractivity contribution in [3.8, 4) is 0 Å². The lowest BCUT2D eigenvalue weighted by Crippen LogP contribution is -1.81. The molecule has 9 heavy (non-hydrogen) atoms. The lowest BCUT2D eigenvalue weighted by molar-refractivity contribution is -0.108. The maximum atomic E-state index is 9.93. The highest BCUT2D eigenvalue weighted by atomic mass is 16.1. The summed E-state index contributed by atoms with van der Waals surface area (Å²) in [5.74, 6) is 1.87. The molecule has 0 aliphatic heterocycles. The van der Waals surface area contributed by atoms with Crippen molar-refractivity contribution >= 4 is 6.29 Å². The first-order valence-electron chi connectivity index (χ1n) is 3.82. The minimum atomic E-state index is 0.779. The highest BCUT2D eigenvalue weighted by Crippen LogP contribution is 2.43. The van der Waals surface area contributed by atoms with E-state index in [9.17, 15) is 4.79 Å². The Bertz CT molecular complexity index is 98.7. The molecule has 0 radical (unpaired) electrons. The molecule has 0 amide bonds. The van der Waals surface area contributed by atoms with Crippen molar-refractivity contribution < 1.29 is 4.79 Å². The number of hydrogen-bond donors (Lipinski definition) is 0. The van der Waals surface area contributed by atoms with Gasteiger partial charge < -0.3 is 4.79 Å². The second kappa shape index (κ2) is 3.00. The Morgan fingerprint density at radius 3 is 2.78 bits per heavy atom. The monoisotopic (exact) mass is 126 g/mol. The largest absolute Gasteiger partial charge is 0.303 e. The van der Waals surface area contributed by atoms with Crippen LogP contribution in [0.5, 0.6) is 0 Å². The fourth-order valence-corrected chi connectivity index (χ4v) is 1.45. The molecule has 0 bridgehead atoms. The Labute approximate surface area is 56.4 Å². The standard InChI is InChI=1S/C8H14O/c1-2-7-6-8(7)4-3-5-9/h5,7-8H,2-4,6H2,1H3/t7-,8-/m0/s1.